The largest absolute Gasteiger partial charge is 0.444 e. The van der Waals surface area contributed by atoms with E-state index in [1.807, 2.05) is 45.0 Å². The number of fused-ring (bicyclic) bond motifs is 1. The molecule has 0 saturated heterocycles. The highest BCUT2D eigenvalue weighted by Gasteiger charge is 2.34. The van der Waals surface area contributed by atoms with Crippen molar-refractivity contribution in [3.63, 3.8) is 0 Å². The molecule has 1 heterocycles. The van der Waals surface area contributed by atoms with E-state index in [2.05, 4.69) is 24.1 Å². The second-order valence-corrected chi connectivity index (χ2v) is 11.1. The van der Waals surface area contributed by atoms with Crippen molar-refractivity contribution in [3.8, 4) is 0 Å². The molecule has 2 aromatic carbocycles. The zero-order chi connectivity index (χ0) is 27.7. The number of hydrogen-bond acceptors (Lipinski definition) is 5. The summed E-state index contributed by atoms with van der Waals surface area (Å²) in [6, 6.07) is 14.8. The molecule has 3 amide bonds. The molecule has 1 aliphatic rings. The van der Waals surface area contributed by atoms with Gasteiger partial charge in [0.25, 0.3) is 11.8 Å². The second kappa shape index (κ2) is 13.6. The maximum atomic E-state index is 12.7. The first-order chi connectivity index (χ1) is 18.1. The van der Waals surface area contributed by atoms with E-state index >= 15 is 0 Å². The Kier molecular flexibility index (Phi) is 10.5. The minimum absolute atomic E-state index is 0.0583. The molecule has 38 heavy (non-hydrogen) atoms. The van der Waals surface area contributed by atoms with Gasteiger partial charge in [0, 0.05) is 6.04 Å². The number of ether oxygens (including phenoxy) is 1. The van der Waals surface area contributed by atoms with Crippen LogP contribution in [0, 0.1) is 0 Å². The number of amides is 3. The lowest BCUT2D eigenvalue weighted by molar-refractivity contribution is 0.0499. The molecule has 0 saturated carbocycles. The lowest BCUT2D eigenvalue weighted by Gasteiger charge is -2.25. The molecule has 0 radical (unpaired) electrons. The van der Waals surface area contributed by atoms with Crippen LogP contribution in [0.25, 0.3) is 0 Å². The number of alkyl carbamates (subject to hydrolysis) is 1. The Hall–Kier alpha value is -3.19. The van der Waals surface area contributed by atoms with Gasteiger partial charge < -0.3 is 15.0 Å². The van der Waals surface area contributed by atoms with Gasteiger partial charge in [0.05, 0.1) is 17.7 Å². The minimum atomic E-state index is -0.556. The van der Waals surface area contributed by atoms with Gasteiger partial charge in [0.2, 0.25) is 0 Å². The highest BCUT2D eigenvalue weighted by molar-refractivity contribution is 6.21. The van der Waals surface area contributed by atoms with Crippen molar-refractivity contribution in [3.05, 3.63) is 70.8 Å². The van der Waals surface area contributed by atoms with Gasteiger partial charge in [-0.25, -0.2) is 4.79 Å². The molecule has 7 nitrogen and oxygen atoms in total. The Balaban J connectivity index is 1.63. The van der Waals surface area contributed by atoms with Crippen molar-refractivity contribution in [2.45, 2.75) is 84.9 Å². The molecule has 206 valence electrons. The van der Waals surface area contributed by atoms with Crippen molar-refractivity contribution in [1.82, 2.24) is 15.1 Å². The summed E-state index contributed by atoms with van der Waals surface area (Å²) in [6.45, 7) is 13.4. The smallest absolute Gasteiger partial charge is 0.407 e. The maximum absolute atomic E-state index is 12.7. The fourth-order valence-corrected chi connectivity index (χ4v) is 4.86. The first-order valence-corrected chi connectivity index (χ1v) is 13.9. The van der Waals surface area contributed by atoms with Crippen LogP contribution in [-0.2, 0) is 17.7 Å². The van der Waals surface area contributed by atoms with Crippen LogP contribution in [0.4, 0.5) is 4.79 Å². The summed E-state index contributed by atoms with van der Waals surface area (Å²) in [5.74, 6) is -0.506. The quantitative estimate of drug-likeness (QED) is 0.336. The lowest BCUT2D eigenvalue weighted by Crippen LogP contribution is -2.40. The normalized spacial score (nSPS) is 14.1. The molecule has 0 bridgehead atoms. The summed E-state index contributed by atoms with van der Waals surface area (Å²) in [4.78, 5) is 41.7. The van der Waals surface area contributed by atoms with Gasteiger partial charge >= 0.3 is 6.09 Å². The van der Waals surface area contributed by atoms with E-state index in [0.717, 1.165) is 56.4 Å². The molecule has 0 fully saturated rings. The third-order valence-electron chi connectivity index (χ3n) is 6.55. The number of carbonyl (C=O) groups is 3. The number of nitrogens with zero attached hydrogens (tertiary/aromatic N) is 2. The summed E-state index contributed by atoms with van der Waals surface area (Å²) < 4.78 is 5.52. The van der Waals surface area contributed by atoms with E-state index in [1.54, 1.807) is 24.3 Å². The molecule has 1 N–H and O–H groups in total. The summed E-state index contributed by atoms with van der Waals surface area (Å²) >= 11 is 0. The molecule has 1 unspecified atom stereocenters. The van der Waals surface area contributed by atoms with Crippen molar-refractivity contribution >= 4 is 17.9 Å². The number of nitrogens with one attached hydrogen (secondary N) is 1. The van der Waals surface area contributed by atoms with Crippen LogP contribution in [0.1, 0.15) is 92.1 Å². The van der Waals surface area contributed by atoms with Gasteiger partial charge in [-0.05, 0) is 95.8 Å². The number of carbonyl (C=O) groups excluding carboxylic acids is 3. The number of imide groups is 1. The van der Waals surface area contributed by atoms with E-state index in [0.29, 0.717) is 17.5 Å². The van der Waals surface area contributed by atoms with Crippen LogP contribution in [0.5, 0.6) is 0 Å². The molecule has 1 aliphatic heterocycles. The molecule has 0 spiro atoms. The minimum Gasteiger partial charge on any atom is -0.444 e. The van der Waals surface area contributed by atoms with Gasteiger partial charge in [-0.2, -0.15) is 0 Å². The Morgan fingerprint density at radius 1 is 0.895 bits per heavy atom. The second-order valence-electron chi connectivity index (χ2n) is 11.1. The lowest BCUT2D eigenvalue weighted by atomic mass is 10.0. The third kappa shape index (κ3) is 8.42. The van der Waals surface area contributed by atoms with Crippen LogP contribution < -0.4 is 5.32 Å². The SMILES string of the molecule is CCCN(CCC)CCCC(Cc1ccc(CN2C(=O)c3ccccc3C2=O)cc1)NC(=O)OC(C)(C)C. The Morgan fingerprint density at radius 2 is 1.45 bits per heavy atom. The average molecular weight is 522 g/mol. The topological polar surface area (TPSA) is 79.0 Å². The van der Waals surface area contributed by atoms with Crippen LogP contribution in [0.3, 0.4) is 0 Å². The van der Waals surface area contributed by atoms with Gasteiger partial charge in [-0.1, -0.05) is 50.2 Å². The Bertz CT molecular complexity index is 1050. The number of hydrogen-bond donors (Lipinski definition) is 1. The van der Waals surface area contributed by atoms with Crippen LogP contribution in [0.15, 0.2) is 48.5 Å². The molecule has 0 aromatic heterocycles. The van der Waals surface area contributed by atoms with Gasteiger partial charge in [-0.15, -0.1) is 0 Å². The number of benzene rings is 2. The Morgan fingerprint density at radius 3 is 1.97 bits per heavy atom. The zero-order valence-corrected chi connectivity index (χ0v) is 23.6. The van der Waals surface area contributed by atoms with Crippen molar-refractivity contribution in [2.24, 2.45) is 0 Å². The van der Waals surface area contributed by atoms with E-state index in [9.17, 15) is 14.4 Å². The average Bonchev–Trinajstić information content (AvgIpc) is 3.09. The first-order valence-electron chi connectivity index (χ1n) is 13.9. The van der Waals surface area contributed by atoms with Crippen LogP contribution in [0.2, 0.25) is 0 Å². The fourth-order valence-electron chi connectivity index (χ4n) is 4.86. The number of rotatable bonds is 13. The molecule has 1 atom stereocenters. The zero-order valence-electron chi connectivity index (χ0n) is 23.6. The first kappa shape index (κ1) is 29.4. The van der Waals surface area contributed by atoms with E-state index in [1.165, 1.54) is 4.90 Å². The standard InChI is InChI=1S/C31H43N3O4/c1-6-18-33(19-7-2)20-10-11-25(32-30(37)38-31(3,4)5)21-23-14-16-24(17-15-23)22-34-28(35)26-12-8-9-13-27(26)29(34)36/h8-9,12-17,25H,6-7,10-11,18-22H2,1-5H3,(H,32,37). The van der Waals surface area contributed by atoms with Gasteiger partial charge in [0.1, 0.15) is 5.60 Å². The third-order valence-corrected chi connectivity index (χ3v) is 6.55. The summed E-state index contributed by atoms with van der Waals surface area (Å²) in [5, 5.41) is 3.08. The van der Waals surface area contributed by atoms with E-state index < -0.39 is 11.7 Å². The molecule has 2 aromatic rings. The summed E-state index contributed by atoms with van der Waals surface area (Å²) in [7, 11) is 0. The molecular weight excluding hydrogens is 478 g/mol. The van der Waals surface area contributed by atoms with Crippen LogP contribution in [-0.4, -0.2) is 59.0 Å². The van der Waals surface area contributed by atoms with Crippen molar-refractivity contribution in [1.29, 1.82) is 0 Å². The molecule has 3 rings (SSSR count). The molecule has 7 heteroatoms. The van der Waals surface area contributed by atoms with E-state index in [4.69, 9.17) is 4.74 Å². The van der Waals surface area contributed by atoms with E-state index in [-0.39, 0.29) is 24.4 Å². The van der Waals surface area contributed by atoms with Crippen molar-refractivity contribution in [2.75, 3.05) is 19.6 Å². The Labute approximate surface area is 227 Å². The fraction of sp³-hybridized carbons (Fsp3) is 0.516. The molecular formula is C31H43N3O4. The summed E-state index contributed by atoms with van der Waals surface area (Å²) in [6.07, 6.45) is 4.37. The van der Waals surface area contributed by atoms with Gasteiger partial charge in [0.15, 0.2) is 0 Å². The summed E-state index contributed by atoms with van der Waals surface area (Å²) in [5.41, 5.74) is 2.33. The highest BCUT2D eigenvalue weighted by Crippen LogP contribution is 2.24. The molecule has 0 aliphatic carbocycles. The monoisotopic (exact) mass is 521 g/mol. The van der Waals surface area contributed by atoms with Crippen LogP contribution >= 0.6 is 0 Å². The predicted molar refractivity (Wildman–Crippen MR) is 150 cm³/mol. The highest BCUT2D eigenvalue weighted by atomic mass is 16.6. The van der Waals surface area contributed by atoms with Crippen molar-refractivity contribution < 1.29 is 19.1 Å². The predicted octanol–water partition coefficient (Wildman–Crippen LogP) is 5.82. The van der Waals surface area contributed by atoms with Gasteiger partial charge in [-0.3, -0.25) is 14.5 Å². The maximum Gasteiger partial charge on any atom is 0.407 e.